The number of aliphatic hydroxyl groups excluding tert-OH is 2. The second-order valence-corrected chi connectivity index (χ2v) is 9.13. The average molecular weight is 306 g/mol. The first-order valence-corrected chi connectivity index (χ1v) is 9.26. The van der Waals surface area contributed by atoms with Crippen molar-refractivity contribution in [2.75, 3.05) is 0 Å². The third kappa shape index (κ3) is 1.87. The number of thioether (sulfide) groups is 1. The third-order valence-corrected chi connectivity index (χ3v) is 8.38. The molecule has 4 rings (SSSR count). The summed E-state index contributed by atoms with van der Waals surface area (Å²) >= 11 is 1.63. The summed E-state index contributed by atoms with van der Waals surface area (Å²) in [5.41, 5.74) is -0.113. The van der Waals surface area contributed by atoms with Crippen LogP contribution in [0.25, 0.3) is 0 Å². The highest BCUT2D eigenvalue weighted by Crippen LogP contribution is 2.64. The van der Waals surface area contributed by atoms with E-state index in [1.807, 2.05) is 6.08 Å². The van der Waals surface area contributed by atoms with Crippen molar-refractivity contribution in [3.05, 3.63) is 23.1 Å². The van der Waals surface area contributed by atoms with Gasteiger partial charge in [-0.15, -0.1) is 0 Å². The van der Waals surface area contributed by atoms with Crippen LogP contribution in [0, 0.1) is 28.6 Å². The van der Waals surface area contributed by atoms with E-state index in [1.54, 1.807) is 11.8 Å². The molecule has 2 saturated carbocycles. The van der Waals surface area contributed by atoms with E-state index < -0.39 is 0 Å². The molecule has 3 heteroatoms. The number of aliphatic hydroxyl groups is 2. The molecule has 1 heterocycles. The standard InChI is InChI=1S/C18H26O2S/c1-17-9-7-13-11(12(17)4-5-14(17)19)3-6-15-18(13,2)10-8-16(20)21-15/h6,8,10-14,16,19-20H,3-5,7,9H2,1-2H3/t11-,12-,13-,14-,16-,17-,18+/m0/s1. The van der Waals surface area contributed by atoms with E-state index in [4.69, 9.17) is 0 Å². The molecule has 1 aliphatic heterocycles. The van der Waals surface area contributed by atoms with Crippen molar-refractivity contribution in [2.45, 2.75) is 57.5 Å². The van der Waals surface area contributed by atoms with Gasteiger partial charge in [0.15, 0.2) is 0 Å². The smallest absolute Gasteiger partial charge is 0.122 e. The van der Waals surface area contributed by atoms with Crippen LogP contribution in [0.15, 0.2) is 23.1 Å². The topological polar surface area (TPSA) is 40.5 Å². The van der Waals surface area contributed by atoms with Gasteiger partial charge in [-0.1, -0.05) is 37.8 Å². The molecule has 0 aromatic heterocycles. The van der Waals surface area contributed by atoms with Gasteiger partial charge in [0.05, 0.1) is 6.10 Å². The lowest BCUT2D eigenvalue weighted by molar-refractivity contribution is -0.0519. The van der Waals surface area contributed by atoms with E-state index in [2.05, 4.69) is 26.0 Å². The van der Waals surface area contributed by atoms with Gasteiger partial charge in [-0.05, 0) is 66.3 Å². The lowest BCUT2D eigenvalue weighted by atomic mass is 9.51. The van der Waals surface area contributed by atoms with E-state index in [0.29, 0.717) is 17.8 Å². The fraction of sp³-hybridized carbons (Fsp3) is 0.778. The van der Waals surface area contributed by atoms with Crippen molar-refractivity contribution in [1.29, 1.82) is 0 Å². The molecule has 0 aromatic rings. The highest BCUT2D eigenvalue weighted by molar-refractivity contribution is 8.03. The monoisotopic (exact) mass is 306 g/mol. The lowest BCUT2D eigenvalue weighted by Crippen LogP contribution is -2.49. The molecular formula is C18H26O2S. The molecule has 2 fully saturated rings. The molecule has 0 amide bonds. The molecule has 116 valence electrons. The molecule has 0 bridgehead atoms. The minimum absolute atomic E-state index is 0.0975. The Bertz CT molecular complexity index is 513. The van der Waals surface area contributed by atoms with Crippen LogP contribution in [0.2, 0.25) is 0 Å². The van der Waals surface area contributed by atoms with Crippen LogP contribution in [0.1, 0.15) is 46.0 Å². The molecular weight excluding hydrogens is 280 g/mol. The van der Waals surface area contributed by atoms with Crippen LogP contribution in [0.5, 0.6) is 0 Å². The summed E-state index contributed by atoms with van der Waals surface area (Å²) in [4.78, 5) is 1.38. The van der Waals surface area contributed by atoms with E-state index in [-0.39, 0.29) is 22.4 Å². The van der Waals surface area contributed by atoms with Crippen LogP contribution in [0.3, 0.4) is 0 Å². The lowest BCUT2D eigenvalue weighted by Gasteiger charge is -2.55. The van der Waals surface area contributed by atoms with Gasteiger partial charge in [-0.2, -0.15) is 0 Å². The van der Waals surface area contributed by atoms with Crippen molar-refractivity contribution in [2.24, 2.45) is 28.6 Å². The molecule has 0 radical (unpaired) electrons. The largest absolute Gasteiger partial charge is 0.393 e. The number of hydrogen-bond acceptors (Lipinski definition) is 3. The highest BCUT2D eigenvalue weighted by atomic mass is 32.2. The van der Waals surface area contributed by atoms with Gasteiger partial charge in [0.1, 0.15) is 5.44 Å². The van der Waals surface area contributed by atoms with Gasteiger partial charge in [0, 0.05) is 5.41 Å². The van der Waals surface area contributed by atoms with Gasteiger partial charge in [-0.25, -0.2) is 0 Å². The molecule has 0 spiro atoms. The van der Waals surface area contributed by atoms with E-state index in [0.717, 1.165) is 19.3 Å². The maximum absolute atomic E-state index is 10.4. The Hall–Kier alpha value is -0.250. The second-order valence-electron chi connectivity index (χ2n) is 7.97. The summed E-state index contributed by atoms with van der Waals surface area (Å²) in [7, 11) is 0. The summed E-state index contributed by atoms with van der Waals surface area (Å²) < 4.78 is 0. The first-order chi connectivity index (χ1) is 9.95. The maximum atomic E-state index is 10.4. The van der Waals surface area contributed by atoms with Crippen molar-refractivity contribution in [1.82, 2.24) is 0 Å². The van der Waals surface area contributed by atoms with Crippen LogP contribution in [-0.2, 0) is 0 Å². The minimum Gasteiger partial charge on any atom is -0.393 e. The van der Waals surface area contributed by atoms with Crippen LogP contribution in [-0.4, -0.2) is 21.8 Å². The normalized spacial score (nSPS) is 55.4. The molecule has 2 N–H and O–H groups in total. The Kier molecular flexibility index (Phi) is 3.16. The summed E-state index contributed by atoms with van der Waals surface area (Å²) in [5.74, 6) is 2.05. The quantitative estimate of drug-likeness (QED) is 0.670. The van der Waals surface area contributed by atoms with E-state index >= 15 is 0 Å². The maximum Gasteiger partial charge on any atom is 0.122 e. The molecule has 3 aliphatic carbocycles. The summed E-state index contributed by atoms with van der Waals surface area (Å²) in [6.07, 6.45) is 12.2. The second kappa shape index (κ2) is 4.62. The van der Waals surface area contributed by atoms with E-state index in [1.165, 1.54) is 17.7 Å². The fourth-order valence-corrected chi connectivity index (χ4v) is 6.89. The van der Waals surface area contributed by atoms with E-state index in [9.17, 15) is 10.2 Å². The molecule has 2 nitrogen and oxygen atoms in total. The average Bonchev–Trinajstić information content (AvgIpc) is 2.76. The Labute approximate surface area is 131 Å². The zero-order valence-electron chi connectivity index (χ0n) is 13.0. The van der Waals surface area contributed by atoms with Crippen LogP contribution < -0.4 is 0 Å². The van der Waals surface area contributed by atoms with Gasteiger partial charge in [-0.3, -0.25) is 0 Å². The van der Waals surface area contributed by atoms with Crippen molar-refractivity contribution < 1.29 is 10.2 Å². The van der Waals surface area contributed by atoms with Crippen molar-refractivity contribution >= 4 is 11.8 Å². The zero-order valence-corrected chi connectivity index (χ0v) is 13.8. The highest BCUT2D eigenvalue weighted by Gasteiger charge is 2.57. The SMILES string of the molecule is C[C@]12CC[C@H]3[C@@H](CC=C4S[C@H](O)C=C[C@@]43C)[C@@H]1CC[C@@H]2O. The predicted molar refractivity (Wildman–Crippen MR) is 86.6 cm³/mol. The van der Waals surface area contributed by atoms with Gasteiger partial charge in [0.2, 0.25) is 0 Å². The van der Waals surface area contributed by atoms with Crippen LogP contribution >= 0.6 is 11.8 Å². The molecule has 7 atom stereocenters. The number of allylic oxidation sites excluding steroid dienone is 3. The van der Waals surface area contributed by atoms with Crippen molar-refractivity contribution in [3.63, 3.8) is 0 Å². The Morgan fingerprint density at radius 1 is 1.14 bits per heavy atom. The Morgan fingerprint density at radius 2 is 1.95 bits per heavy atom. The minimum atomic E-state index is -0.372. The fourth-order valence-electron chi connectivity index (χ4n) is 5.81. The molecule has 0 saturated heterocycles. The van der Waals surface area contributed by atoms with Crippen molar-refractivity contribution in [3.8, 4) is 0 Å². The number of rotatable bonds is 0. The molecule has 21 heavy (non-hydrogen) atoms. The summed E-state index contributed by atoms with van der Waals surface area (Å²) in [6, 6.07) is 0. The zero-order chi connectivity index (χ0) is 14.8. The summed E-state index contributed by atoms with van der Waals surface area (Å²) in [6.45, 7) is 4.68. The van der Waals surface area contributed by atoms with Crippen LogP contribution in [0.4, 0.5) is 0 Å². The summed E-state index contributed by atoms with van der Waals surface area (Å²) in [5, 5.41) is 20.3. The first kappa shape index (κ1) is 14.3. The van der Waals surface area contributed by atoms with Gasteiger partial charge in [0.25, 0.3) is 0 Å². The Morgan fingerprint density at radius 3 is 2.76 bits per heavy atom. The Balaban J connectivity index is 1.71. The number of fused-ring (bicyclic) bond motifs is 5. The van der Waals surface area contributed by atoms with Gasteiger partial charge >= 0.3 is 0 Å². The molecule has 0 aromatic carbocycles. The molecule has 4 aliphatic rings. The third-order valence-electron chi connectivity index (χ3n) is 7.12. The number of hydrogen-bond donors (Lipinski definition) is 2. The predicted octanol–water partition coefficient (Wildman–Crippen LogP) is 3.71. The first-order valence-electron chi connectivity index (χ1n) is 8.38. The van der Waals surface area contributed by atoms with Gasteiger partial charge < -0.3 is 10.2 Å². The molecule has 0 unspecified atom stereocenters.